The van der Waals surface area contributed by atoms with Gasteiger partial charge < -0.3 is 18.6 Å². The summed E-state index contributed by atoms with van der Waals surface area (Å²) in [6.45, 7) is 4.98. The highest BCUT2D eigenvalue weighted by Gasteiger charge is 2.29. The number of fused-ring (bicyclic) bond motifs is 2. The van der Waals surface area contributed by atoms with Crippen molar-refractivity contribution in [3.63, 3.8) is 0 Å². The predicted molar refractivity (Wildman–Crippen MR) is 115 cm³/mol. The van der Waals surface area contributed by atoms with E-state index in [0.717, 1.165) is 54.1 Å². The maximum absolute atomic E-state index is 6.32. The highest BCUT2D eigenvalue weighted by atomic mass is 16.5. The van der Waals surface area contributed by atoms with E-state index in [0.29, 0.717) is 6.10 Å². The number of pyridine rings is 1. The molecule has 5 nitrogen and oxygen atoms in total. The molecule has 0 bridgehead atoms. The van der Waals surface area contributed by atoms with Crippen molar-refractivity contribution in [1.82, 2.24) is 9.55 Å². The molecule has 1 aliphatic heterocycles. The maximum atomic E-state index is 6.32. The third-order valence-corrected chi connectivity index (χ3v) is 6.45. The zero-order chi connectivity index (χ0) is 19.5. The van der Waals surface area contributed by atoms with Crippen molar-refractivity contribution in [2.45, 2.75) is 32.4 Å². The van der Waals surface area contributed by atoms with Crippen LogP contribution in [0.1, 0.15) is 18.4 Å². The molecule has 0 unspecified atom stereocenters. The summed E-state index contributed by atoms with van der Waals surface area (Å²) in [6, 6.07) is 14.9. The van der Waals surface area contributed by atoms with Crippen LogP contribution < -0.4 is 4.90 Å². The molecule has 0 radical (unpaired) electrons. The van der Waals surface area contributed by atoms with Crippen molar-refractivity contribution in [2.75, 3.05) is 25.1 Å². The Bertz CT molecular complexity index is 1210. The summed E-state index contributed by atoms with van der Waals surface area (Å²) in [5.41, 5.74) is 4.35. The van der Waals surface area contributed by atoms with E-state index in [1.54, 1.807) is 7.11 Å². The molecule has 4 aromatic rings. The minimum Gasteiger partial charge on any atom is -0.454 e. The normalized spacial score (nSPS) is 17.4. The number of aryl methyl sites for hydroxylation is 1. The van der Waals surface area contributed by atoms with E-state index in [9.17, 15) is 0 Å². The Labute approximate surface area is 169 Å². The van der Waals surface area contributed by atoms with Crippen molar-refractivity contribution in [3.8, 4) is 11.5 Å². The summed E-state index contributed by atoms with van der Waals surface area (Å²) in [7, 11) is 1.78. The average molecular weight is 387 g/mol. The lowest BCUT2D eigenvalue weighted by atomic mass is 10.1. The standard InChI is InChI=1S/C24H25N3O2/c1-15-19-5-3-4-6-21(19)29-23(15)20-11-17-9-10-22(26-13-18(14-26)28-2)25-24(17)27(20)12-16-7-8-16/h3-6,9-11,16,18H,7-8,12-14H2,1-2H3. The first-order chi connectivity index (χ1) is 14.2. The van der Waals surface area contributed by atoms with Crippen LogP contribution in [-0.4, -0.2) is 35.9 Å². The third kappa shape index (κ3) is 2.76. The summed E-state index contributed by atoms with van der Waals surface area (Å²) in [5, 5.41) is 2.36. The second-order valence-corrected chi connectivity index (χ2v) is 8.48. The van der Waals surface area contributed by atoms with Gasteiger partial charge in [0.15, 0.2) is 5.76 Å². The van der Waals surface area contributed by atoms with Crippen LogP contribution in [0.2, 0.25) is 0 Å². The van der Waals surface area contributed by atoms with E-state index in [1.807, 2.05) is 12.1 Å². The number of anilines is 1. The first-order valence-electron chi connectivity index (χ1n) is 10.5. The Hall–Kier alpha value is -2.79. The molecule has 0 N–H and O–H groups in total. The molecule has 0 spiro atoms. The number of furan rings is 1. The van der Waals surface area contributed by atoms with Crippen molar-refractivity contribution in [3.05, 3.63) is 48.0 Å². The van der Waals surface area contributed by atoms with Crippen LogP contribution >= 0.6 is 0 Å². The lowest BCUT2D eigenvalue weighted by Crippen LogP contribution is -2.52. The van der Waals surface area contributed by atoms with Crippen LogP contribution in [0.15, 0.2) is 46.9 Å². The molecule has 2 aliphatic rings. The number of rotatable bonds is 5. The van der Waals surface area contributed by atoms with Gasteiger partial charge in [-0.05, 0) is 49.9 Å². The molecule has 6 rings (SSSR count). The minimum atomic E-state index is 0.319. The number of hydrogen-bond donors (Lipinski definition) is 0. The molecular formula is C24H25N3O2. The number of hydrogen-bond acceptors (Lipinski definition) is 4. The fourth-order valence-electron chi connectivity index (χ4n) is 4.42. The number of aromatic nitrogens is 2. The zero-order valence-electron chi connectivity index (χ0n) is 16.9. The van der Waals surface area contributed by atoms with Crippen molar-refractivity contribution in [1.29, 1.82) is 0 Å². The topological polar surface area (TPSA) is 43.4 Å². The van der Waals surface area contributed by atoms with Gasteiger partial charge in [-0.1, -0.05) is 18.2 Å². The van der Waals surface area contributed by atoms with E-state index < -0.39 is 0 Å². The first-order valence-corrected chi connectivity index (χ1v) is 10.5. The first kappa shape index (κ1) is 17.1. The van der Waals surface area contributed by atoms with Crippen molar-refractivity contribution >= 4 is 27.8 Å². The van der Waals surface area contributed by atoms with Gasteiger partial charge in [0.25, 0.3) is 0 Å². The highest BCUT2D eigenvalue weighted by molar-refractivity contribution is 5.91. The van der Waals surface area contributed by atoms with Crippen LogP contribution in [0, 0.1) is 12.8 Å². The van der Waals surface area contributed by atoms with Gasteiger partial charge in [-0.15, -0.1) is 0 Å². The van der Waals surface area contributed by atoms with Crippen LogP contribution in [0.3, 0.4) is 0 Å². The molecule has 1 saturated carbocycles. The van der Waals surface area contributed by atoms with Gasteiger partial charge in [-0.25, -0.2) is 4.98 Å². The molecule has 3 aromatic heterocycles. The Balaban J connectivity index is 1.49. The van der Waals surface area contributed by atoms with Gasteiger partial charge >= 0.3 is 0 Å². The van der Waals surface area contributed by atoms with Gasteiger partial charge in [0.05, 0.1) is 11.8 Å². The number of para-hydroxylation sites is 1. The van der Waals surface area contributed by atoms with Gasteiger partial charge in [-0.3, -0.25) is 0 Å². The summed E-state index contributed by atoms with van der Waals surface area (Å²) >= 11 is 0. The summed E-state index contributed by atoms with van der Waals surface area (Å²) in [4.78, 5) is 7.35. The number of nitrogens with zero attached hydrogens (tertiary/aromatic N) is 3. The Morgan fingerprint density at radius 2 is 1.97 bits per heavy atom. The quantitative estimate of drug-likeness (QED) is 0.483. The van der Waals surface area contributed by atoms with Crippen LogP contribution in [-0.2, 0) is 11.3 Å². The van der Waals surface area contributed by atoms with E-state index in [2.05, 4.69) is 46.7 Å². The van der Waals surface area contributed by atoms with Gasteiger partial charge in [0.2, 0.25) is 0 Å². The van der Waals surface area contributed by atoms with Gasteiger partial charge in [0, 0.05) is 43.1 Å². The van der Waals surface area contributed by atoms with E-state index >= 15 is 0 Å². The molecular weight excluding hydrogens is 362 g/mol. The highest BCUT2D eigenvalue weighted by Crippen LogP contribution is 2.39. The maximum Gasteiger partial charge on any atom is 0.154 e. The second kappa shape index (κ2) is 6.36. The van der Waals surface area contributed by atoms with Crippen molar-refractivity contribution < 1.29 is 9.15 Å². The lowest BCUT2D eigenvalue weighted by Gasteiger charge is -2.39. The smallest absolute Gasteiger partial charge is 0.154 e. The van der Waals surface area contributed by atoms with E-state index in [4.69, 9.17) is 14.1 Å². The molecule has 29 heavy (non-hydrogen) atoms. The van der Waals surface area contributed by atoms with E-state index in [-0.39, 0.29) is 0 Å². The Kier molecular flexibility index (Phi) is 3.75. The molecule has 0 atom stereocenters. The number of ether oxygens (including phenoxy) is 1. The fraction of sp³-hybridized carbons (Fsp3) is 0.375. The molecule has 1 aromatic carbocycles. The zero-order valence-corrected chi connectivity index (χ0v) is 16.9. The molecule has 0 amide bonds. The number of methoxy groups -OCH3 is 1. The van der Waals surface area contributed by atoms with E-state index in [1.165, 1.54) is 29.2 Å². The Morgan fingerprint density at radius 3 is 2.72 bits per heavy atom. The SMILES string of the molecule is COC1CN(c2ccc3cc(-c4oc5ccccc5c4C)n(CC4CC4)c3n2)C1. The fourth-order valence-corrected chi connectivity index (χ4v) is 4.42. The van der Waals surface area contributed by atoms with Gasteiger partial charge in [0.1, 0.15) is 17.0 Å². The largest absolute Gasteiger partial charge is 0.454 e. The van der Waals surface area contributed by atoms with Crippen LogP contribution in [0.4, 0.5) is 5.82 Å². The monoisotopic (exact) mass is 387 g/mol. The summed E-state index contributed by atoms with van der Waals surface area (Å²) < 4.78 is 14.1. The summed E-state index contributed by atoms with van der Waals surface area (Å²) in [6.07, 6.45) is 2.93. The summed E-state index contributed by atoms with van der Waals surface area (Å²) in [5.74, 6) is 2.75. The predicted octanol–water partition coefficient (Wildman–Crippen LogP) is 5.00. The Morgan fingerprint density at radius 1 is 1.14 bits per heavy atom. The molecule has 4 heterocycles. The molecule has 1 saturated heterocycles. The minimum absolute atomic E-state index is 0.319. The second-order valence-electron chi connectivity index (χ2n) is 8.48. The van der Waals surface area contributed by atoms with Crippen LogP contribution in [0.5, 0.6) is 0 Å². The molecule has 148 valence electrons. The molecule has 1 aliphatic carbocycles. The molecule has 2 fully saturated rings. The van der Waals surface area contributed by atoms with Gasteiger partial charge in [-0.2, -0.15) is 0 Å². The molecule has 5 heteroatoms. The van der Waals surface area contributed by atoms with Crippen molar-refractivity contribution in [2.24, 2.45) is 5.92 Å². The number of benzene rings is 1. The average Bonchev–Trinajstić information content (AvgIpc) is 3.37. The third-order valence-electron chi connectivity index (χ3n) is 6.45. The lowest BCUT2D eigenvalue weighted by molar-refractivity contribution is 0.0783. The van der Waals surface area contributed by atoms with Crippen LogP contribution in [0.25, 0.3) is 33.5 Å².